The van der Waals surface area contributed by atoms with E-state index < -0.39 is 0 Å². The van der Waals surface area contributed by atoms with Crippen LogP contribution in [0.1, 0.15) is 71.1 Å². The number of rotatable bonds is 2. The van der Waals surface area contributed by atoms with Crippen LogP contribution in [0.2, 0.25) is 0 Å². The summed E-state index contributed by atoms with van der Waals surface area (Å²) in [5.41, 5.74) is 0. The second-order valence-electron chi connectivity index (χ2n) is 7.00. The highest BCUT2D eigenvalue weighted by Gasteiger charge is 2.34. The Morgan fingerprint density at radius 3 is 2.35 bits per heavy atom. The van der Waals surface area contributed by atoms with Gasteiger partial charge in [0.2, 0.25) is 0 Å². The van der Waals surface area contributed by atoms with Gasteiger partial charge < -0.3 is 5.32 Å². The van der Waals surface area contributed by atoms with E-state index in [-0.39, 0.29) is 0 Å². The maximum absolute atomic E-state index is 4.00. The van der Waals surface area contributed by atoms with Crippen molar-refractivity contribution in [2.45, 2.75) is 83.2 Å². The highest BCUT2D eigenvalue weighted by Crippen LogP contribution is 2.41. The van der Waals surface area contributed by atoms with Crippen molar-refractivity contribution >= 4 is 0 Å². The van der Waals surface area contributed by atoms with E-state index in [1.54, 1.807) is 0 Å². The Balaban J connectivity index is 1.51. The highest BCUT2D eigenvalue weighted by molar-refractivity contribution is 4.90. The second kappa shape index (κ2) is 5.30. The number of hydrogen-bond acceptors (Lipinski definition) is 1. The first-order chi connectivity index (χ1) is 8.33. The van der Waals surface area contributed by atoms with Crippen LogP contribution in [0.15, 0.2) is 0 Å². The van der Waals surface area contributed by atoms with Gasteiger partial charge in [-0.1, -0.05) is 39.0 Å². The van der Waals surface area contributed by atoms with E-state index in [0.29, 0.717) is 0 Å². The number of hydrogen-bond donors (Lipinski definition) is 1. The van der Waals surface area contributed by atoms with E-state index in [9.17, 15) is 0 Å². The first kappa shape index (κ1) is 12.0. The number of nitrogens with one attached hydrogen (secondary N) is 1. The third kappa shape index (κ3) is 2.70. The minimum atomic E-state index is 0.847. The molecule has 5 atom stereocenters. The fourth-order valence-corrected chi connectivity index (χ4v) is 4.72. The second-order valence-corrected chi connectivity index (χ2v) is 7.00. The quantitative estimate of drug-likeness (QED) is 0.759. The number of fused-ring (bicyclic) bond motifs is 1. The molecule has 3 aliphatic rings. The van der Waals surface area contributed by atoms with Gasteiger partial charge in [0.15, 0.2) is 0 Å². The first-order valence-electron chi connectivity index (χ1n) is 8.09. The minimum absolute atomic E-state index is 0.847. The molecule has 17 heavy (non-hydrogen) atoms. The van der Waals surface area contributed by atoms with E-state index in [4.69, 9.17) is 0 Å². The lowest BCUT2D eigenvalue weighted by molar-refractivity contribution is 0.135. The van der Waals surface area contributed by atoms with E-state index >= 15 is 0 Å². The topological polar surface area (TPSA) is 12.0 Å². The summed E-state index contributed by atoms with van der Waals surface area (Å²) in [6, 6.07) is 1.71. The lowest BCUT2D eigenvalue weighted by atomic mass is 9.69. The van der Waals surface area contributed by atoms with Crippen LogP contribution in [0.3, 0.4) is 0 Å². The van der Waals surface area contributed by atoms with Crippen molar-refractivity contribution in [1.82, 2.24) is 5.32 Å². The largest absolute Gasteiger partial charge is 0.311 e. The van der Waals surface area contributed by atoms with Crippen LogP contribution in [0.5, 0.6) is 0 Å². The molecule has 1 heteroatoms. The fraction of sp³-hybridized carbons (Fsp3) is 1.00. The van der Waals surface area contributed by atoms with Crippen LogP contribution in [0.4, 0.5) is 0 Å². The fourth-order valence-electron chi connectivity index (χ4n) is 4.72. The zero-order chi connectivity index (χ0) is 11.7. The van der Waals surface area contributed by atoms with Gasteiger partial charge in [-0.25, -0.2) is 0 Å². The molecular weight excluding hydrogens is 206 g/mol. The lowest BCUT2D eigenvalue weighted by Gasteiger charge is -2.40. The molecule has 0 aromatic rings. The molecule has 1 nitrogen and oxygen atoms in total. The van der Waals surface area contributed by atoms with Crippen molar-refractivity contribution < 1.29 is 0 Å². The predicted molar refractivity (Wildman–Crippen MR) is 73.0 cm³/mol. The molecule has 3 saturated carbocycles. The van der Waals surface area contributed by atoms with Crippen LogP contribution < -0.4 is 5.32 Å². The lowest BCUT2D eigenvalue weighted by Crippen LogP contribution is -2.44. The summed E-state index contributed by atoms with van der Waals surface area (Å²) in [5.74, 6) is 3.11. The average molecular weight is 235 g/mol. The zero-order valence-electron chi connectivity index (χ0n) is 11.5. The molecule has 0 amide bonds. The van der Waals surface area contributed by atoms with Crippen LogP contribution in [0, 0.1) is 17.8 Å². The van der Waals surface area contributed by atoms with Crippen LogP contribution in [-0.2, 0) is 0 Å². The van der Waals surface area contributed by atoms with Crippen molar-refractivity contribution in [1.29, 1.82) is 0 Å². The van der Waals surface area contributed by atoms with Gasteiger partial charge in [0.1, 0.15) is 0 Å². The molecule has 98 valence electrons. The summed E-state index contributed by atoms with van der Waals surface area (Å²) >= 11 is 0. The van der Waals surface area contributed by atoms with Crippen molar-refractivity contribution in [3.63, 3.8) is 0 Å². The molecule has 0 saturated heterocycles. The summed E-state index contributed by atoms with van der Waals surface area (Å²) in [6.45, 7) is 2.44. The van der Waals surface area contributed by atoms with Crippen molar-refractivity contribution in [2.24, 2.45) is 17.8 Å². The van der Waals surface area contributed by atoms with E-state index in [0.717, 1.165) is 29.8 Å². The highest BCUT2D eigenvalue weighted by atomic mass is 15.0. The molecule has 0 radical (unpaired) electrons. The minimum Gasteiger partial charge on any atom is -0.311 e. The summed E-state index contributed by atoms with van der Waals surface area (Å²) < 4.78 is 0. The van der Waals surface area contributed by atoms with Crippen molar-refractivity contribution in [3.8, 4) is 0 Å². The molecule has 0 aromatic heterocycles. The van der Waals surface area contributed by atoms with Crippen LogP contribution in [0.25, 0.3) is 0 Å². The van der Waals surface area contributed by atoms with Gasteiger partial charge in [-0.15, -0.1) is 0 Å². The van der Waals surface area contributed by atoms with E-state index in [1.165, 1.54) is 64.2 Å². The van der Waals surface area contributed by atoms with Gasteiger partial charge in [0.25, 0.3) is 0 Å². The van der Waals surface area contributed by atoms with Gasteiger partial charge in [-0.3, -0.25) is 0 Å². The molecule has 0 bridgehead atoms. The maximum Gasteiger partial charge on any atom is 0.00952 e. The van der Waals surface area contributed by atoms with Crippen LogP contribution >= 0.6 is 0 Å². The van der Waals surface area contributed by atoms with Gasteiger partial charge in [-0.05, 0) is 49.9 Å². The third-order valence-electron chi connectivity index (χ3n) is 5.85. The summed E-state index contributed by atoms with van der Waals surface area (Å²) in [7, 11) is 0. The Morgan fingerprint density at radius 1 is 0.765 bits per heavy atom. The molecule has 3 rings (SSSR count). The van der Waals surface area contributed by atoms with Crippen molar-refractivity contribution in [2.75, 3.05) is 0 Å². The Hall–Kier alpha value is -0.0400. The molecule has 3 fully saturated rings. The zero-order valence-corrected chi connectivity index (χ0v) is 11.5. The monoisotopic (exact) mass is 235 g/mol. The Kier molecular flexibility index (Phi) is 3.75. The van der Waals surface area contributed by atoms with Gasteiger partial charge >= 0.3 is 0 Å². The molecule has 0 heterocycles. The smallest absolute Gasteiger partial charge is 0.00952 e. The summed E-state index contributed by atoms with van der Waals surface area (Å²) in [6.07, 6.45) is 14.9. The van der Waals surface area contributed by atoms with Crippen LogP contribution in [-0.4, -0.2) is 12.1 Å². The Labute approximate surface area is 107 Å². The molecule has 3 aliphatic carbocycles. The standard InChI is InChI=1S/C16H29N/c1-12-5-4-8-16(12)17-15-10-9-13-6-2-3-7-14(13)11-15/h12-17H,2-11H2,1H3. The predicted octanol–water partition coefficient (Wildman–Crippen LogP) is 4.12. The third-order valence-corrected chi connectivity index (χ3v) is 5.85. The first-order valence-corrected chi connectivity index (χ1v) is 8.09. The Bertz CT molecular complexity index is 250. The Morgan fingerprint density at radius 2 is 1.59 bits per heavy atom. The molecule has 0 spiro atoms. The molecule has 1 N–H and O–H groups in total. The average Bonchev–Trinajstić information content (AvgIpc) is 2.75. The molecule has 0 aromatic carbocycles. The summed E-state index contributed by atoms with van der Waals surface area (Å²) in [4.78, 5) is 0. The van der Waals surface area contributed by atoms with Gasteiger partial charge in [-0.2, -0.15) is 0 Å². The van der Waals surface area contributed by atoms with Gasteiger partial charge in [0, 0.05) is 12.1 Å². The van der Waals surface area contributed by atoms with E-state index in [1.807, 2.05) is 0 Å². The van der Waals surface area contributed by atoms with Gasteiger partial charge in [0.05, 0.1) is 0 Å². The SMILES string of the molecule is CC1CCCC1NC1CCC2CCCCC2C1. The normalized spacial score (nSPS) is 46.8. The summed E-state index contributed by atoms with van der Waals surface area (Å²) in [5, 5.41) is 4.00. The van der Waals surface area contributed by atoms with Crippen molar-refractivity contribution in [3.05, 3.63) is 0 Å². The molecular formula is C16H29N. The van der Waals surface area contributed by atoms with E-state index in [2.05, 4.69) is 12.2 Å². The maximum atomic E-state index is 4.00. The molecule has 5 unspecified atom stereocenters. The molecule has 0 aliphatic heterocycles.